The Hall–Kier alpha value is -3.80. The minimum atomic E-state index is -0.703. The highest BCUT2D eigenvalue weighted by atomic mass is 32.2. The number of imide groups is 1. The van der Waals surface area contributed by atoms with Crippen LogP contribution in [-0.4, -0.2) is 46.3 Å². The van der Waals surface area contributed by atoms with Gasteiger partial charge in [-0.3, -0.25) is 24.6 Å². The summed E-state index contributed by atoms with van der Waals surface area (Å²) in [7, 11) is 2.41. The third-order valence-corrected chi connectivity index (χ3v) is 4.95. The summed E-state index contributed by atoms with van der Waals surface area (Å²) in [5, 5.41) is 20.7. The highest BCUT2D eigenvalue weighted by Crippen LogP contribution is 2.39. The van der Waals surface area contributed by atoms with Crippen LogP contribution in [0.25, 0.3) is 6.08 Å². The van der Waals surface area contributed by atoms with Gasteiger partial charge in [-0.25, -0.2) is 4.79 Å². The van der Waals surface area contributed by atoms with Gasteiger partial charge in [-0.2, -0.15) is 0 Å². The number of furan rings is 1. The van der Waals surface area contributed by atoms with Crippen molar-refractivity contribution in [1.29, 1.82) is 0 Å². The minimum absolute atomic E-state index is 0.0578. The number of methoxy groups -OCH3 is 2. The van der Waals surface area contributed by atoms with Gasteiger partial charge in [0.2, 0.25) is 5.76 Å². The van der Waals surface area contributed by atoms with E-state index in [2.05, 4.69) is 4.74 Å². The van der Waals surface area contributed by atoms with E-state index >= 15 is 0 Å². The second-order valence-electron chi connectivity index (χ2n) is 5.87. The van der Waals surface area contributed by atoms with E-state index in [0.717, 1.165) is 23.1 Å². The number of esters is 1. The Labute approximate surface area is 173 Å². The van der Waals surface area contributed by atoms with Gasteiger partial charge in [-0.15, -0.1) is 0 Å². The number of phenolic OH excluding ortho intramolecular Hbond substituents is 1. The Bertz CT molecular complexity index is 1090. The number of nitrogens with zero attached hydrogens (tertiary/aromatic N) is 2. The first-order chi connectivity index (χ1) is 14.2. The Kier molecular flexibility index (Phi) is 5.78. The second-order valence-corrected chi connectivity index (χ2v) is 6.86. The normalized spacial score (nSPS) is 15.0. The van der Waals surface area contributed by atoms with Crippen LogP contribution in [0.5, 0.6) is 11.5 Å². The lowest BCUT2D eigenvalue weighted by atomic mass is 10.1. The molecule has 3 rings (SSSR count). The van der Waals surface area contributed by atoms with Gasteiger partial charge in [0, 0.05) is 11.6 Å². The van der Waals surface area contributed by atoms with Crippen molar-refractivity contribution in [3.05, 3.63) is 56.4 Å². The summed E-state index contributed by atoms with van der Waals surface area (Å²) >= 11 is 0.593. The Morgan fingerprint density at radius 3 is 2.70 bits per heavy atom. The van der Waals surface area contributed by atoms with Crippen LogP contribution >= 0.6 is 11.8 Å². The molecular formula is C18H14N2O9S. The molecule has 1 aliphatic rings. The number of hydrogen-bond donors (Lipinski definition) is 1. The van der Waals surface area contributed by atoms with Gasteiger partial charge in [-0.1, -0.05) is 0 Å². The van der Waals surface area contributed by atoms with Crippen LogP contribution < -0.4 is 4.74 Å². The molecule has 2 heterocycles. The van der Waals surface area contributed by atoms with Crippen LogP contribution in [0.2, 0.25) is 0 Å². The summed E-state index contributed by atoms with van der Waals surface area (Å²) in [5.41, 5.74) is -0.418. The maximum absolute atomic E-state index is 12.6. The molecule has 1 aromatic carbocycles. The molecule has 0 unspecified atom stereocenters. The van der Waals surface area contributed by atoms with Gasteiger partial charge in [0.25, 0.3) is 16.8 Å². The summed E-state index contributed by atoms with van der Waals surface area (Å²) < 4.78 is 14.7. The smallest absolute Gasteiger partial charge is 0.373 e. The number of ether oxygens (including phenoxy) is 2. The number of carbonyl (C=O) groups is 3. The van der Waals surface area contributed by atoms with E-state index in [1.165, 1.54) is 26.4 Å². The first-order valence-electron chi connectivity index (χ1n) is 8.23. The number of amides is 2. The molecule has 11 nitrogen and oxygen atoms in total. The zero-order valence-corrected chi connectivity index (χ0v) is 16.4. The SMILES string of the molecule is COC(=O)c1ccc(CN2C(=O)SC(=Cc3cc([N+](=O)[O-])cc(OC)c3O)C2=O)o1. The Morgan fingerprint density at radius 1 is 1.33 bits per heavy atom. The standard InChI is InChI=1S/C18H14N2O9S/c1-27-13-7-10(20(25)26)5-9(15(13)21)6-14-16(22)19(18(24)30-14)8-11-3-4-12(29-11)17(23)28-2/h3-7,21H,8H2,1-2H3. The van der Waals surface area contributed by atoms with E-state index in [1.54, 1.807) is 0 Å². The predicted molar refractivity (Wildman–Crippen MR) is 103 cm³/mol. The maximum Gasteiger partial charge on any atom is 0.373 e. The molecule has 2 aromatic rings. The van der Waals surface area contributed by atoms with Crippen molar-refractivity contribution in [2.24, 2.45) is 0 Å². The van der Waals surface area contributed by atoms with Gasteiger partial charge in [0.15, 0.2) is 11.5 Å². The number of thioether (sulfide) groups is 1. The summed E-state index contributed by atoms with van der Waals surface area (Å²) in [6, 6.07) is 4.87. The van der Waals surface area contributed by atoms with Gasteiger partial charge >= 0.3 is 5.97 Å². The number of nitro benzene ring substituents is 1. The third-order valence-electron chi connectivity index (χ3n) is 4.04. The Morgan fingerprint density at radius 2 is 2.07 bits per heavy atom. The van der Waals surface area contributed by atoms with Crippen molar-refractivity contribution in [1.82, 2.24) is 4.90 Å². The fraction of sp³-hybridized carbons (Fsp3) is 0.167. The molecule has 1 aromatic heterocycles. The Balaban J connectivity index is 1.88. The maximum atomic E-state index is 12.6. The molecule has 2 amide bonds. The van der Waals surface area contributed by atoms with Crippen LogP contribution in [-0.2, 0) is 16.1 Å². The molecule has 0 spiro atoms. The van der Waals surface area contributed by atoms with E-state index in [-0.39, 0.29) is 40.0 Å². The molecule has 1 aliphatic heterocycles. The average molecular weight is 434 g/mol. The van der Waals surface area contributed by atoms with Crippen LogP contribution in [0, 0.1) is 10.1 Å². The number of rotatable bonds is 6. The second kappa shape index (κ2) is 8.29. The number of phenols is 1. The fourth-order valence-electron chi connectivity index (χ4n) is 2.59. The lowest BCUT2D eigenvalue weighted by Crippen LogP contribution is -2.27. The molecule has 30 heavy (non-hydrogen) atoms. The average Bonchev–Trinajstić information content (AvgIpc) is 3.29. The molecule has 0 saturated carbocycles. The van der Waals surface area contributed by atoms with Crippen molar-refractivity contribution >= 4 is 40.6 Å². The number of non-ortho nitro benzene ring substituents is 1. The molecule has 12 heteroatoms. The van der Waals surface area contributed by atoms with Gasteiger partial charge < -0.3 is 19.0 Å². The van der Waals surface area contributed by atoms with Crippen molar-refractivity contribution in [2.75, 3.05) is 14.2 Å². The molecule has 0 radical (unpaired) electrons. The fourth-order valence-corrected chi connectivity index (χ4v) is 3.42. The zero-order chi connectivity index (χ0) is 22.0. The molecule has 0 atom stereocenters. The molecule has 0 aliphatic carbocycles. The lowest BCUT2D eigenvalue weighted by molar-refractivity contribution is -0.385. The molecule has 1 saturated heterocycles. The quantitative estimate of drug-likeness (QED) is 0.311. The van der Waals surface area contributed by atoms with Gasteiger partial charge in [-0.05, 0) is 30.0 Å². The highest BCUT2D eigenvalue weighted by molar-refractivity contribution is 8.18. The van der Waals surface area contributed by atoms with Crippen molar-refractivity contribution < 1.29 is 38.3 Å². The number of hydrogen-bond acceptors (Lipinski definition) is 10. The monoisotopic (exact) mass is 434 g/mol. The van der Waals surface area contributed by atoms with E-state index in [9.17, 15) is 29.6 Å². The number of aromatic hydroxyl groups is 1. The predicted octanol–water partition coefficient (Wildman–Crippen LogP) is 2.93. The van der Waals surface area contributed by atoms with Gasteiger partial charge in [0.05, 0.1) is 36.7 Å². The molecule has 1 fully saturated rings. The largest absolute Gasteiger partial charge is 0.504 e. The van der Waals surface area contributed by atoms with Gasteiger partial charge in [0.1, 0.15) is 5.76 Å². The molecule has 0 bridgehead atoms. The van der Waals surface area contributed by atoms with Crippen molar-refractivity contribution in [3.8, 4) is 11.5 Å². The first kappa shape index (κ1) is 20.9. The van der Waals surface area contributed by atoms with Crippen LogP contribution in [0.1, 0.15) is 21.9 Å². The van der Waals surface area contributed by atoms with Crippen LogP contribution in [0.15, 0.2) is 33.6 Å². The van der Waals surface area contributed by atoms with Crippen molar-refractivity contribution in [2.45, 2.75) is 6.54 Å². The van der Waals surface area contributed by atoms with Crippen LogP contribution in [0.4, 0.5) is 10.5 Å². The van der Waals surface area contributed by atoms with E-state index in [0.29, 0.717) is 11.8 Å². The van der Waals surface area contributed by atoms with E-state index in [1.807, 2.05) is 0 Å². The van der Waals surface area contributed by atoms with E-state index < -0.39 is 27.8 Å². The third kappa shape index (κ3) is 3.98. The first-order valence-corrected chi connectivity index (χ1v) is 9.04. The summed E-state index contributed by atoms with van der Waals surface area (Å²) in [4.78, 5) is 47.6. The zero-order valence-electron chi connectivity index (χ0n) is 15.6. The summed E-state index contributed by atoms with van der Waals surface area (Å²) in [6.07, 6.45) is 1.16. The topological polar surface area (TPSA) is 149 Å². The highest BCUT2D eigenvalue weighted by Gasteiger charge is 2.36. The van der Waals surface area contributed by atoms with Crippen molar-refractivity contribution in [3.63, 3.8) is 0 Å². The van der Waals surface area contributed by atoms with Crippen LogP contribution in [0.3, 0.4) is 0 Å². The molecule has 156 valence electrons. The lowest BCUT2D eigenvalue weighted by Gasteiger charge is -2.10. The number of nitro groups is 1. The minimum Gasteiger partial charge on any atom is -0.504 e. The number of carbonyl (C=O) groups excluding carboxylic acids is 3. The summed E-state index contributed by atoms with van der Waals surface area (Å²) in [6.45, 7) is -0.233. The molecule has 1 N–H and O–H groups in total. The molecular weight excluding hydrogens is 420 g/mol. The number of benzene rings is 1. The van der Waals surface area contributed by atoms with E-state index in [4.69, 9.17) is 9.15 Å². The summed E-state index contributed by atoms with van der Waals surface area (Å²) in [5.74, 6) is -1.86.